The van der Waals surface area contributed by atoms with Crippen molar-refractivity contribution in [2.45, 2.75) is 65.8 Å². The van der Waals surface area contributed by atoms with E-state index in [9.17, 15) is 4.79 Å². The van der Waals surface area contributed by atoms with Gasteiger partial charge < -0.3 is 9.80 Å². The summed E-state index contributed by atoms with van der Waals surface area (Å²) < 4.78 is 0. The summed E-state index contributed by atoms with van der Waals surface area (Å²) in [5, 5.41) is 0. The van der Waals surface area contributed by atoms with Gasteiger partial charge in [-0.05, 0) is 32.1 Å². The zero-order valence-electron chi connectivity index (χ0n) is 15.3. The van der Waals surface area contributed by atoms with E-state index in [1.54, 1.807) is 0 Å². The molecule has 132 valence electrons. The van der Waals surface area contributed by atoms with E-state index >= 15 is 0 Å². The molecule has 1 fully saturated rings. The van der Waals surface area contributed by atoms with Crippen LogP contribution in [0.4, 0.5) is 5.82 Å². The molecule has 1 saturated heterocycles. The van der Waals surface area contributed by atoms with E-state index in [0.29, 0.717) is 13.0 Å². The summed E-state index contributed by atoms with van der Waals surface area (Å²) in [4.78, 5) is 26.3. The minimum Gasteiger partial charge on any atom is -0.356 e. The Morgan fingerprint density at radius 2 is 1.96 bits per heavy atom. The topological polar surface area (TPSA) is 49.3 Å². The standard InChI is InChI=1S/C19H30N4O/c1-4-5-6-18(24)23-12-9-17-16(13-23)19(21-15(3)20-17)22-10-7-14(2)8-11-22/h14H,4-13H2,1-3H3. The van der Waals surface area contributed by atoms with Gasteiger partial charge in [-0.15, -0.1) is 0 Å². The smallest absolute Gasteiger partial charge is 0.222 e. The number of hydrogen-bond acceptors (Lipinski definition) is 4. The van der Waals surface area contributed by atoms with E-state index in [-0.39, 0.29) is 5.91 Å². The number of carbonyl (C=O) groups is 1. The second kappa shape index (κ2) is 7.49. The van der Waals surface area contributed by atoms with Crippen LogP contribution in [0.15, 0.2) is 0 Å². The summed E-state index contributed by atoms with van der Waals surface area (Å²) in [5.74, 6) is 3.01. The Balaban J connectivity index is 1.82. The van der Waals surface area contributed by atoms with Gasteiger partial charge in [-0.1, -0.05) is 20.3 Å². The molecule has 5 nitrogen and oxygen atoms in total. The van der Waals surface area contributed by atoms with Crippen molar-refractivity contribution in [3.63, 3.8) is 0 Å². The lowest BCUT2D eigenvalue weighted by Gasteiger charge is -2.36. The normalized spacial score (nSPS) is 18.6. The fraction of sp³-hybridized carbons (Fsp3) is 0.737. The minimum absolute atomic E-state index is 0.279. The van der Waals surface area contributed by atoms with Gasteiger partial charge in [0.2, 0.25) is 5.91 Å². The first kappa shape index (κ1) is 17.2. The van der Waals surface area contributed by atoms with Crippen molar-refractivity contribution in [1.82, 2.24) is 14.9 Å². The van der Waals surface area contributed by atoms with Crippen molar-refractivity contribution >= 4 is 11.7 Å². The van der Waals surface area contributed by atoms with Crippen LogP contribution in [0.3, 0.4) is 0 Å². The number of unbranched alkanes of at least 4 members (excludes halogenated alkanes) is 1. The van der Waals surface area contributed by atoms with Gasteiger partial charge in [-0.3, -0.25) is 4.79 Å². The van der Waals surface area contributed by atoms with E-state index in [1.807, 2.05) is 11.8 Å². The molecule has 3 heterocycles. The van der Waals surface area contributed by atoms with Gasteiger partial charge in [0.05, 0.1) is 12.2 Å². The van der Waals surface area contributed by atoms with Gasteiger partial charge in [0.15, 0.2) is 0 Å². The predicted molar refractivity (Wildman–Crippen MR) is 96.0 cm³/mol. The van der Waals surface area contributed by atoms with Crippen LogP contribution in [0.25, 0.3) is 0 Å². The summed E-state index contributed by atoms with van der Waals surface area (Å²) in [6.07, 6.45) is 6.00. The van der Waals surface area contributed by atoms with Gasteiger partial charge >= 0.3 is 0 Å². The summed E-state index contributed by atoms with van der Waals surface area (Å²) in [5.41, 5.74) is 2.34. The fourth-order valence-corrected chi connectivity index (χ4v) is 3.70. The van der Waals surface area contributed by atoms with E-state index < -0.39 is 0 Å². The van der Waals surface area contributed by atoms with Crippen molar-refractivity contribution in [1.29, 1.82) is 0 Å². The molecule has 0 aromatic carbocycles. The Morgan fingerprint density at radius 3 is 2.67 bits per heavy atom. The highest BCUT2D eigenvalue weighted by Gasteiger charge is 2.28. The number of piperidine rings is 1. The molecular formula is C19H30N4O. The highest BCUT2D eigenvalue weighted by molar-refractivity contribution is 5.76. The third-order valence-corrected chi connectivity index (χ3v) is 5.33. The molecule has 2 aliphatic rings. The molecule has 0 aliphatic carbocycles. The van der Waals surface area contributed by atoms with Crippen molar-refractivity contribution in [2.75, 3.05) is 24.5 Å². The molecule has 1 aromatic rings. The number of carbonyl (C=O) groups excluding carboxylic acids is 1. The number of aryl methyl sites for hydroxylation is 1. The summed E-state index contributed by atoms with van der Waals surface area (Å²) in [6.45, 7) is 10.0. The van der Waals surface area contributed by atoms with E-state index in [1.165, 1.54) is 18.4 Å². The minimum atomic E-state index is 0.279. The Hall–Kier alpha value is -1.65. The lowest BCUT2D eigenvalue weighted by atomic mass is 9.98. The molecule has 0 N–H and O–H groups in total. The first-order valence-corrected chi connectivity index (χ1v) is 9.47. The van der Waals surface area contributed by atoms with Crippen LogP contribution in [0, 0.1) is 12.8 Å². The summed E-state index contributed by atoms with van der Waals surface area (Å²) in [7, 11) is 0. The quantitative estimate of drug-likeness (QED) is 0.851. The zero-order valence-corrected chi connectivity index (χ0v) is 15.3. The molecule has 0 saturated carbocycles. The maximum atomic E-state index is 12.4. The van der Waals surface area contributed by atoms with Gasteiger partial charge in [0.1, 0.15) is 11.6 Å². The zero-order chi connectivity index (χ0) is 17.1. The SMILES string of the molecule is CCCCC(=O)N1CCc2nc(C)nc(N3CCC(C)CC3)c2C1. The molecule has 0 spiro atoms. The molecule has 0 unspecified atom stereocenters. The van der Waals surface area contributed by atoms with Crippen LogP contribution >= 0.6 is 0 Å². The average Bonchev–Trinajstić information content (AvgIpc) is 2.59. The average molecular weight is 330 g/mol. The van der Waals surface area contributed by atoms with Gasteiger partial charge in [-0.25, -0.2) is 9.97 Å². The third-order valence-electron chi connectivity index (χ3n) is 5.33. The molecule has 1 amide bonds. The predicted octanol–water partition coefficient (Wildman–Crippen LogP) is 3.10. The van der Waals surface area contributed by atoms with Crippen LogP contribution in [-0.4, -0.2) is 40.4 Å². The van der Waals surface area contributed by atoms with Crippen LogP contribution in [0.2, 0.25) is 0 Å². The lowest BCUT2D eigenvalue weighted by Crippen LogP contribution is -2.40. The van der Waals surface area contributed by atoms with Gasteiger partial charge in [-0.2, -0.15) is 0 Å². The second-order valence-electron chi connectivity index (χ2n) is 7.36. The maximum absolute atomic E-state index is 12.4. The Labute approximate surface area is 145 Å². The lowest BCUT2D eigenvalue weighted by molar-refractivity contribution is -0.132. The fourth-order valence-electron chi connectivity index (χ4n) is 3.70. The monoisotopic (exact) mass is 330 g/mol. The van der Waals surface area contributed by atoms with Crippen LogP contribution in [0.5, 0.6) is 0 Å². The summed E-state index contributed by atoms with van der Waals surface area (Å²) >= 11 is 0. The molecule has 2 aliphatic heterocycles. The van der Waals surface area contributed by atoms with E-state index in [4.69, 9.17) is 4.98 Å². The number of hydrogen-bond donors (Lipinski definition) is 0. The number of nitrogens with zero attached hydrogens (tertiary/aromatic N) is 4. The summed E-state index contributed by atoms with van der Waals surface area (Å²) in [6, 6.07) is 0. The number of anilines is 1. The highest BCUT2D eigenvalue weighted by Crippen LogP contribution is 2.30. The maximum Gasteiger partial charge on any atom is 0.222 e. The van der Waals surface area contributed by atoms with Gasteiger partial charge in [0, 0.05) is 38.0 Å². The number of fused-ring (bicyclic) bond motifs is 1. The number of amides is 1. The van der Waals surface area contributed by atoms with Gasteiger partial charge in [0.25, 0.3) is 0 Å². The van der Waals surface area contributed by atoms with Crippen molar-refractivity contribution in [2.24, 2.45) is 5.92 Å². The molecule has 3 rings (SSSR count). The first-order valence-electron chi connectivity index (χ1n) is 9.47. The first-order chi connectivity index (χ1) is 11.6. The largest absolute Gasteiger partial charge is 0.356 e. The Morgan fingerprint density at radius 1 is 1.21 bits per heavy atom. The Kier molecular flexibility index (Phi) is 5.36. The highest BCUT2D eigenvalue weighted by atomic mass is 16.2. The van der Waals surface area contributed by atoms with Crippen LogP contribution in [-0.2, 0) is 17.8 Å². The number of aromatic nitrogens is 2. The van der Waals surface area contributed by atoms with Crippen molar-refractivity contribution < 1.29 is 4.79 Å². The Bertz CT molecular complexity index is 593. The van der Waals surface area contributed by atoms with E-state index in [2.05, 4.69) is 23.7 Å². The van der Waals surface area contributed by atoms with Crippen molar-refractivity contribution in [3.05, 3.63) is 17.1 Å². The molecule has 24 heavy (non-hydrogen) atoms. The van der Waals surface area contributed by atoms with Crippen LogP contribution < -0.4 is 4.90 Å². The molecule has 0 radical (unpaired) electrons. The third kappa shape index (κ3) is 3.70. The molecular weight excluding hydrogens is 300 g/mol. The molecule has 5 heteroatoms. The number of rotatable bonds is 4. The molecule has 1 aromatic heterocycles. The molecule has 0 bridgehead atoms. The van der Waals surface area contributed by atoms with E-state index in [0.717, 1.165) is 62.2 Å². The van der Waals surface area contributed by atoms with Crippen LogP contribution in [0.1, 0.15) is 63.0 Å². The molecule has 0 atom stereocenters. The van der Waals surface area contributed by atoms with Crippen molar-refractivity contribution in [3.8, 4) is 0 Å². The second-order valence-corrected chi connectivity index (χ2v) is 7.36.